The Morgan fingerprint density at radius 3 is 2.43 bits per heavy atom. The van der Waals surface area contributed by atoms with Crippen LogP contribution >= 0.6 is 0 Å². The van der Waals surface area contributed by atoms with Crippen molar-refractivity contribution >= 4 is 28.9 Å². The molecule has 1 aromatic heterocycles. The molecule has 2 fully saturated rings. The maximum Gasteiger partial charge on any atom is 0.410 e. The molecule has 12 heteroatoms. The molecule has 5 rings (SSSR count). The van der Waals surface area contributed by atoms with Crippen LogP contribution in [-0.4, -0.2) is 69.0 Å². The molecule has 224 valence electrons. The highest BCUT2D eigenvalue weighted by molar-refractivity contribution is 6.00. The van der Waals surface area contributed by atoms with Gasteiger partial charge in [-0.05, 0) is 62.9 Å². The number of nitrogens with one attached hydrogen (secondary N) is 1. The predicted molar refractivity (Wildman–Crippen MR) is 149 cm³/mol. The van der Waals surface area contributed by atoms with E-state index in [0.29, 0.717) is 16.8 Å². The normalized spacial score (nSPS) is 21.1. The lowest BCUT2D eigenvalue weighted by molar-refractivity contribution is -0.151. The van der Waals surface area contributed by atoms with Gasteiger partial charge in [-0.2, -0.15) is 0 Å². The van der Waals surface area contributed by atoms with Gasteiger partial charge in [0.15, 0.2) is 0 Å². The molecule has 0 saturated carbocycles. The predicted octanol–water partition coefficient (Wildman–Crippen LogP) is 4.59. The molecule has 2 atom stereocenters. The van der Waals surface area contributed by atoms with Crippen molar-refractivity contribution in [1.29, 1.82) is 0 Å². The average molecular weight is 585 g/mol. The summed E-state index contributed by atoms with van der Waals surface area (Å²) in [7, 11) is 1.54. The fourth-order valence-corrected chi connectivity index (χ4v) is 5.72. The van der Waals surface area contributed by atoms with Crippen molar-refractivity contribution in [3.05, 3.63) is 64.1 Å². The molecule has 2 aliphatic heterocycles. The Bertz CT molecular complexity index is 1570. The standard InChI is InChI=1S/C30H34F2N4O6/c1-29(2,3)42-28(40)34-15-14-21(30(31,32)17-34)20-6-5-7-22-25(20)33-27(39)36(22)23-12-13-24(37)35(26(23)38)16-18-8-10-19(41-4)11-9-18/h5-11,21,23H,12-17H2,1-4H3,(H,33,39). The highest BCUT2D eigenvalue weighted by Gasteiger charge is 2.48. The van der Waals surface area contributed by atoms with Crippen molar-refractivity contribution in [2.24, 2.45) is 0 Å². The number of para-hydroxylation sites is 1. The SMILES string of the molecule is COc1ccc(CN2C(=O)CCC(n3c(=O)[nH]c4c(C5CCN(C(=O)OC(C)(C)C)CC5(F)F)cccc43)C2=O)cc1. The van der Waals surface area contributed by atoms with Crippen molar-refractivity contribution in [2.75, 3.05) is 20.2 Å². The number of rotatable bonds is 5. The van der Waals surface area contributed by atoms with Crippen LogP contribution in [-0.2, 0) is 20.9 Å². The number of aromatic nitrogens is 2. The van der Waals surface area contributed by atoms with Gasteiger partial charge >= 0.3 is 11.8 Å². The third kappa shape index (κ3) is 5.62. The molecule has 0 radical (unpaired) electrons. The molecule has 0 aliphatic carbocycles. The Hall–Kier alpha value is -4.22. The molecule has 3 aromatic rings. The molecule has 2 aromatic carbocycles. The second-order valence-electron chi connectivity index (χ2n) is 11.8. The first-order chi connectivity index (χ1) is 19.8. The smallest absolute Gasteiger partial charge is 0.410 e. The molecule has 42 heavy (non-hydrogen) atoms. The van der Waals surface area contributed by atoms with E-state index in [2.05, 4.69) is 4.98 Å². The number of carbonyl (C=O) groups excluding carboxylic acids is 3. The number of amides is 3. The monoisotopic (exact) mass is 584 g/mol. The van der Waals surface area contributed by atoms with Gasteiger partial charge in [0.2, 0.25) is 5.91 Å². The average Bonchev–Trinajstić information content (AvgIpc) is 3.26. The van der Waals surface area contributed by atoms with Crippen molar-refractivity contribution in [3.63, 3.8) is 0 Å². The number of imidazole rings is 1. The number of H-pyrrole nitrogens is 1. The van der Waals surface area contributed by atoms with Crippen LogP contribution in [0.3, 0.4) is 0 Å². The second-order valence-corrected chi connectivity index (χ2v) is 11.8. The fraction of sp³-hybridized carbons (Fsp3) is 0.467. The van der Waals surface area contributed by atoms with E-state index in [4.69, 9.17) is 9.47 Å². The van der Waals surface area contributed by atoms with Gasteiger partial charge in [0.25, 0.3) is 11.8 Å². The van der Waals surface area contributed by atoms with Gasteiger partial charge in [0.05, 0.1) is 37.2 Å². The second kappa shape index (κ2) is 10.9. The number of carbonyl (C=O) groups is 3. The summed E-state index contributed by atoms with van der Waals surface area (Å²) in [5, 5.41) is 0. The Morgan fingerprint density at radius 1 is 1.07 bits per heavy atom. The lowest BCUT2D eigenvalue weighted by Gasteiger charge is -2.39. The summed E-state index contributed by atoms with van der Waals surface area (Å²) in [4.78, 5) is 56.9. The van der Waals surface area contributed by atoms with Crippen LogP contribution < -0.4 is 10.4 Å². The van der Waals surface area contributed by atoms with E-state index in [0.717, 1.165) is 9.80 Å². The quantitative estimate of drug-likeness (QED) is 0.439. The topological polar surface area (TPSA) is 114 Å². The molecular formula is C30H34F2N4O6. The number of likely N-dealkylation sites (tertiary alicyclic amines) is 2. The van der Waals surface area contributed by atoms with Crippen molar-refractivity contribution in [2.45, 2.75) is 70.1 Å². The van der Waals surface area contributed by atoms with Crippen LogP contribution in [0.1, 0.15) is 63.1 Å². The van der Waals surface area contributed by atoms with E-state index in [1.165, 1.54) is 17.7 Å². The summed E-state index contributed by atoms with van der Waals surface area (Å²) in [5.41, 5.74) is 0.0226. The van der Waals surface area contributed by atoms with Gasteiger partial charge in [0.1, 0.15) is 17.4 Å². The van der Waals surface area contributed by atoms with Gasteiger partial charge < -0.3 is 19.4 Å². The first kappa shape index (κ1) is 29.3. The van der Waals surface area contributed by atoms with Crippen molar-refractivity contribution in [3.8, 4) is 5.75 Å². The minimum atomic E-state index is -3.30. The highest BCUT2D eigenvalue weighted by atomic mass is 19.3. The van der Waals surface area contributed by atoms with E-state index in [1.54, 1.807) is 57.2 Å². The summed E-state index contributed by atoms with van der Waals surface area (Å²) in [5.74, 6) is -4.83. The largest absolute Gasteiger partial charge is 0.497 e. The van der Waals surface area contributed by atoms with E-state index in [-0.39, 0.29) is 49.3 Å². The number of benzene rings is 2. The summed E-state index contributed by atoms with van der Waals surface area (Å²) in [6.45, 7) is 4.27. The minimum Gasteiger partial charge on any atom is -0.497 e. The van der Waals surface area contributed by atoms with Crippen molar-refractivity contribution in [1.82, 2.24) is 19.4 Å². The number of nitrogens with zero attached hydrogens (tertiary/aromatic N) is 3. The lowest BCUT2D eigenvalue weighted by atomic mass is 9.85. The van der Waals surface area contributed by atoms with E-state index < -0.39 is 47.7 Å². The molecule has 3 amide bonds. The number of imide groups is 1. The van der Waals surface area contributed by atoms with E-state index >= 15 is 8.78 Å². The molecule has 2 unspecified atom stereocenters. The molecule has 0 bridgehead atoms. The number of alkyl halides is 2. The first-order valence-corrected chi connectivity index (χ1v) is 13.8. The fourth-order valence-electron chi connectivity index (χ4n) is 5.72. The number of hydrogen-bond donors (Lipinski definition) is 1. The van der Waals surface area contributed by atoms with Crippen LogP contribution in [0.15, 0.2) is 47.3 Å². The highest BCUT2D eigenvalue weighted by Crippen LogP contribution is 2.43. The zero-order valence-corrected chi connectivity index (χ0v) is 24.0. The molecule has 2 saturated heterocycles. The van der Waals surface area contributed by atoms with Crippen molar-refractivity contribution < 1.29 is 32.6 Å². The Balaban J connectivity index is 1.42. The lowest BCUT2D eigenvalue weighted by Crippen LogP contribution is -2.51. The summed E-state index contributed by atoms with van der Waals surface area (Å²) in [6, 6.07) is 10.7. The first-order valence-electron chi connectivity index (χ1n) is 13.8. The maximum absolute atomic E-state index is 15.5. The van der Waals surface area contributed by atoms with Gasteiger partial charge in [-0.3, -0.25) is 19.1 Å². The van der Waals surface area contributed by atoms with Crippen LogP contribution in [0.5, 0.6) is 5.75 Å². The number of aromatic amines is 1. The Kier molecular flexibility index (Phi) is 7.59. The number of ether oxygens (including phenoxy) is 2. The van der Waals surface area contributed by atoms with E-state index in [1.807, 2.05) is 0 Å². The Morgan fingerprint density at radius 2 is 1.79 bits per heavy atom. The molecule has 3 heterocycles. The van der Waals surface area contributed by atoms with Gasteiger partial charge in [-0.15, -0.1) is 0 Å². The van der Waals surface area contributed by atoms with Crippen LogP contribution in [0.4, 0.5) is 13.6 Å². The number of halogens is 2. The van der Waals surface area contributed by atoms with Gasteiger partial charge in [-0.1, -0.05) is 24.3 Å². The molecule has 1 N–H and O–H groups in total. The minimum absolute atomic E-state index is 0.0307. The third-order valence-corrected chi connectivity index (χ3v) is 7.71. The summed E-state index contributed by atoms with van der Waals surface area (Å²) < 4.78 is 42.8. The van der Waals surface area contributed by atoms with Crippen LogP contribution in [0, 0.1) is 0 Å². The van der Waals surface area contributed by atoms with Gasteiger partial charge in [0, 0.05) is 13.0 Å². The number of fused-ring (bicyclic) bond motifs is 1. The van der Waals surface area contributed by atoms with Crippen LogP contribution in [0.25, 0.3) is 11.0 Å². The van der Waals surface area contributed by atoms with Crippen LogP contribution in [0.2, 0.25) is 0 Å². The molecular weight excluding hydrogens is 550 g/mol. The summed E-state index contributed by atoms with van der Waals surface area (Å²) in [6.07, 6.45) is -0.696. The van der Waals surface area contributed by atoms with E-state index in [9.17, 15) is 19.2 Å². The molecule has 2 aliphatic rings. The number of methoxy groups -OCH3 is 1. The number of piperidine rings is 2. The number of hydrogen-bond acceptors (Lipinski definition) is 6. The maximum atomic E-state index is 15.5. The summed E-state index contributed by atoms with van der Waals surface area (Å²) >= 11 is 0. The molecule has 10 nitrogen and oxygen atoms in total. The molecule has 0 spiro atoms. The zero-order chi connectivity index (χ0) is 30.4. The van der Waals surface area contributed by atoms with Gasteiger partial charge in [-0.25, -0.2) is 18.4 Å². The zero-order valence-electron chi connectivity index (χ0n) is 24.0. The Labute approximate surface area is 241 Å². The third-order valence-electron chi connectivity index (χ3n) is 7.71.